The Bertz CT molecular complexity index is 934. The highest BCUT2D eigenvalue weighted by Crippen LogP contribution is 2.30. The summed E-state index contributed by atoms with van der Waals surface area (Å²) in [5.74, 6) is 0.268. The number of allylic oxidation sites excluding steroid dienone is 4. The molecule has 152 valence electrons. The summed E-state index contributed by atoms with van der Waals surface area (Å²) >= 11 is 5.78. The van der Waals surface area contributed by atoms with E-state index >= 15 is 0 Å². The molecule has 1 fully saturated rings. The molecule has 0 aliphatic carbocycles. The Morgan fingerprint density at radius 1 is 1.31 bits per heavy atom. The maximum Gasteiger partial charge on any atom is 0.303 e. The van der Waals surface area contributed by atoms with Crippen LogP contribution < -0.4 is 5.32 Å². The van der Waals surface area contributed by atoms with Crippen molar-refractivity contribution in [1.82, 2.24) is 15.5 Å². The maximum absolute atomic E-state index is 10.9. The molecular weight excluding hydrogens is 394 g/mol. The minimum Gasteiger partial charge on any atom is -0.509 e. The molecule has 2 heterocycles. The highest BCUT2D eigenvalue weighted by atomic mass is 35.5. The van der Waals surface area contributed by atoms with Crippen molar-refractivity contribution in [3.05, 3.63) is 66.3 Å². The number of hydrogen-bond donors (Lipinski definition) is 3. The molecule has 3 N–H and O–H groups in total. The minimum atomic E-state index is -0.763. The number of nitrogens with zero attached hydrogens (tertiary/aromatic N) is 2. The third-order valence-corrected chi connectivity index (χ3v) is 4.84. The number of aliphatic hydroxyl groups excluding tert-OH is 1. The summed E-state index contributed by atoms with van der Waals surface area (Å²) < 4.78 is 5.33. The molecule has 1 aliphatic heterocycles. The largest absolute Gasteiger partial charge is 0.509 e. The Balaban J connectivity index is 1.72. The van der Waals surface area contributed by atoms with Crippen LogP contribution >= 0.6 is 11.6 Å². The molecule has 1 saturated heterocycles. The van der Waals surface area contributed by atoms with Gasteiger partial charge in [0, 0.05) is 29.5 Å². The van der Waals surface area contributed by atoms with Gasteiger partial charge in [0.05, 0.1) is 0 Å². The lowest BCUT2D eigenvalue weighted by molar-refractivity contribution is -0.137. The monoisotopic (exact) mass is 415 g/mol. The second-order valence-electron chi connectivity index (χ2n) is 6.84. The Morgan fingerprint density at radius 3 is 2.72 bits per heavy atom. The van der Waals surface area contributed by atoms with Crippen molar-refractivity contribution in [1.29, 1.82) is 0 Å². The van der Waals surface area contributed by atoms with Gasteiger partial charge in [-0.05, 0) is 36.6 Å². The molecule has 0 spiro atoms. The number of halogens is 1. The second kappa shape index (κ2) is 9.54. The van der Waals surface area contributed by atoms with Crippen molar-refractivity contribution in [2.24, 2.45) is 5.92 Å². The molecule has 1 aromatic carbocycles. The summed E-state index contributed by atoms with van der Waals surface area (Å²) in [4.78, 5) is 15.3. The number of aromatic nitrogens is 2. The van der Waals surface area contributed by atoms with Gasteiger partial charge in [0.1, 0.15) is 5.76 Å². The highest BCUT2D eigenvalue weighted by molar-refractivity contribution is 6.19. The number of carbonyl (C=O) groups is 1. The van der Waals surface area contributed by atoms with Crippen molar-refractivity contribution < 1.29 is 19.5 Å². The first-order valence-corrected chi connectivity index (χ1v) is 9.71. The van der Waals surface area contributed by atoms with E-state index in [1.165, 1.54) is 6.08 Å². The second-order valence-corrected chi connectivity index (χ2v) is 7.15. The molecule has 1 aliphatic rings. The molecule has 8 heteroatoms. The van der Waals surface area contributed by atoms with E-state index < -0.39 is 5.97 Å². The number of hydrogen-bond acceptors (Lipinski definition) is 6. The van der Waals surface area contributed by atoms with Gasteiger partial charge in [0.25, 0.3) is 5.89 Å². The number of rotatable bonds is 8. The van der Waals surface area contributed by atoms with Gasteiger partial charge in [-0.15, -0.1) is 11.6 Å². The van der Waals surface area contributed by atoms with Gasteiger partial charge in [-0.25, -0.2) is 0 Å². The van der Waals surface area contributed by atoms with Crippen LogP contribution in [0.4, 0.5) is 0 Å². The van der Waals surface area contributed by atoms with Gasteiger partial charge >= 0.3 is 5.97 Å². The van der Waals surface area contributed by atoms with Crippen LogP contribution in [0.3, 0.4) is 0 Å². The smallest absolute Gasteiger partial charge is 0.303 e. The van der Waals surface area contributed by atoms with Crippen LogP contribution in [-0.4, -0.2) is 38.7 Å². The third-order valence-electron chi connectivity index (χ3n) is 4.68. The number of nitrogens with one attached hydrogen (secondary N) is 1. The Kier molecular flexibility index (Phi) is 6.85. The van der Waals surface area contributed by atoms with Crippen molar-refractivity contribution in [3.8, 4) is 11.4 Å². The summed E-state index contributed by atoms with van der Waals surface area (Å²) in [5, 5.41) is 25.6. The molecule has 2 aromatic rings. The minimum absolute atomic E-state index is 0.0908. The molecule has 29 heavy (non-hydrogen) atoms. The first-order valence-electron chi connectivity index (χ1n) is 9.18. The van der Waals surface area contributed by atoms with Crippen LogP contribution in [0.15, 0.2) is 59.4 Å². The van der Waals surface area contributed by atoms with Crippen LogP contribution in [0.25, 0.3) is 17.0 Å². The zero-order valence-corrected chi connectivity index (χ0v) is 16.5. The quantitative estimate of drug-likeness (QED) is 0.338. The number of aliphatic carboxylic acids is 1. The summed E-state index contributed by atoms with van der Waals surface area (Å²) in [6, 6.07) is 7.93. The topological polar surface area (TPSA) is 108 Å². The molecule has 2 atom stereocenters. The van der Waals surface area contributed by atoms with Crippen molar-refractivity contribution in [2.75, 3.05) is 12.4 Å². The maximum atomic E-state index is 10.9. The lowest BCUT2D eigenvalue weighted by Gasteiger charge is -2.11. The number of carboxylic acids is 1. The number of benzene rings is 1. The highest BCUT2D eigenvalue weighted by Gasteiger charge is 2.26. The molecule has 1 aromatic heterocycles. The van der Waals surface area contributed by atoms with Crippen molar-refractivity contribution >= 4 is 23.1 Å². The van der Waals surface area contributed by atoms with Gasteiger partial charge in [-0.1, -0.05) is 42.1 Å². The lowest BCUT2D eigenvalue weighted by Crippen LogP contribution is -2.14. The van der Waals surface area contributed by atoms with Gasteiger partial charge in [0.2, 0.25) is 5.82 Å². The Labute approximate surface area is 173 Å². The average Bonchev–Trinajstić information content (AvgIpc) is 3.34. The van der Waals surface area contributed by atoms with Crippen LogP contribution in [0, 0.1) is 5.92 Å². The normalized spacial score (nSPS) is 19.7. The molecule has 7 nitrogen and oxygen atoms in total. The van der Waals surface area contributed by atoms with Gasteiger partial charge in [0.15, 0.2) is 0 Å². The lowest BCUT2D eigenvalue weighted by atomic mass is 9.97. The van der Waals surface area contributed by atoms with E-state index in [-0.39, 0.29) is 35.9 Å². The van der Waals surface area contributed by atoms with E-state index in [0.29, 0.717) is 17.9 Å². The fourth-order valence-corrected chi connectivity index (χ4v) is 3.45. The van der Waals surface area contributed by atoms with Gasteiger partial charge in [-0.2, -0.15) is 4.98 Å². The van der Waals surface area contributed by atoms with Crippen molar-refractivity contribution in [2.45, 2.75) is 18.9 Å². The molecule has 0 amide bonds. The van der Waals surface area contributed by atoms with E-state index in [9.17, 15) is 9.90 Å². The first kappa shape index (κ1) is 20.8. The summed E-state index contributed by atoms with van der Waals surface area (Å²) in [5.41, 5.74) is 2.48. The number of alkyl halides is 1. The first-order chi connectivity index (χ1) is 14.0. The summed E-state index contributed by atoms with van der Waals surface area (Å²) in [6.07, 6.45) is 5.70. The molecule has 0 radical (unpaired) electrons. The SMILES string of the molecule is C=C(O)/C=C\C(=C/CCl)c1nc(-c2ccc(C3CC(CC(=O)O)CN3)cc2)no1. The fourth-order valence-electron chi connectivity index (χ4n) is 3.28. The molecule has 0 saturated carbocycles. The Hall–Kier alpha value is -2.90. The zero-order valence-electron chi connectivity index (χ0n) is 15.7. The number of aliphatic hydroxyl groups is 1. The standard InChI is InChI=1S/C21H22ClN3O4/c1-13(26)2-3-17(8-9-22)21-24-20(25-29-21)16-6-4-15(5-7-16)18-10-14(12-23-18)11-19(27)28/h2-8,14,18,23,26H,1,9-12H2,(H,27,28)/b3-2-,17-8+. The fraction of sp³-hybridized carbons (Fsp3) is 0.286. The van der Waals surface area contributed by atoms with Crippen LogP contribution in [0.2, 0.25) is 0 Å². The molecule has 2 unspecified atom stereocenters. The van der Waals surface area contributed by atoms with Crippen LogP contribution in [0.1, 0.15) is 30.3 Å². The Morgan fingerprint density at radius 2 is 2.07 bits per heavy atom. The van der Waals surface area contributed by atoms with Gasteiger partial charge < -0.3 is 20.1 Å². The molecule has 0 bridgehead atoms. The molecule has 3 rings (SSSR count). The third kappa shape index (κ3) is 5.56. The van der Waals surface area contributed by atoms with E-state index in [1.54, 1.807) is 12.2 Å². The van der Waals surface area contributed by atoms with Crippen LogP contribution in [-0.2, 0) is 4.79 Å². The van der Waals surface area contributed by atoms with E-state index in [4.69, 9.17) is 21.2 Å². The van der Waals surface area contributed by atoms with E-state index in [0.717, 1.165) is 17.5 Å². The van der Waals surface area contributed by atoms with Crippen molar-refractivity contribution in [3.63, 3.8) is 0 Å². The average molecular weight is 416 g/mol. The predicted octanol–water partition coefficient (Wildman–Crippen LogP) is 4.11. The predicted molar refractivity (Wildman–Crippen MR) is 110 cm³/mol. The number of carboxylic acid groups (broad SMARTS) is 1. The van der Waals surface area contributed by atoms with E-state index in [1.807, 2.05) is 24.3 Å². The van der Waals surface area contributed by atoms with Crippen LogP contribution in [0.5, 0.6) is 0 Å². The van der Waals surface area contributed by atoms with E-state index in [2.05, 4.69) is 22.0 Å². The summed E-state index contributed by atoms with van der Waals surface area (Å²) in [7, 11) is 0. The zero-order chi connectivity index (χ0) is 20.8. The summed E-state index contributed by atoms with van der Waals surface area (Å²) in [6.45, 7) is 4.11. The molecular formula is C21H22ClN3O4. The van der Waals surface area contributed by atoms with Gasteiger partial charge in [-0.3, -0.25) is 4.79 Å².